The molecular formula is C20H15N2O+. The minimum Gasteiger partial charge on any atom is -0.455 e. The van der Waals surface area contributed by atoms with Crippen LogP contribution in [0.5, 0.6) is 0 Å². The molecule has 0 aliphatic carbocycles. The van der Waals surface area contributed by atoms with E-state index in [1.165, 1.54) is 5.56 Å². The molecule has 23 heavy (non-hydrogen) atoms. The van der Waals surface area contributed by atoms with Crippen LogP contribution in [-0.4, -0.2) is 0 Å². The standard InChI is InChI=1S/C20H15N2O/c1-13-6-8-16-15-9-7-14(12-21)11-18(15)23-20(16)19(13)17-5-3-4-10-22(17)2/h3-11H,1-2H3/q+1. The molecule has 0 N–H and O–H groups in total. The van der Waals surface area contributed by atoms with E-state index in [1.54, 1.807) is 6.07 Å². The third-order valence-corrected chi connectivity index (χ3v) is 4.29. The number of hydrogen-bond acceptors (Lipinski definition) is 2. The maximum atomic E-state index is 9.09. The highest BCUT2D eigenvalue weighted by Gasteiger charge is 2.19. The Morgan fingerprint density at radius 2 is 1.87 bits per heavy atom. The highest BCUT2D eigenvalue weighted by atomic mass is 16.3. The molecule has 3 nitrogen and oxygen atoms in total. The van der Waals surface area contributed by atoms with Crippen LogP contribution in [0.15, 0.2) is 59.1 Å². The second kappa shape index (κ2) is 4.96. The number of nitrogens with zero attached hydrogens (tertiary/aromatic N) is 2. The molecule has 4 rings (SSSR count). The van der Waals surface area contributed by atoms with E-state index in [2.05, 4.69) is 35.8 Å². The zero-order valence-electron chi connectivity index (χ0n) is 13.0. The van der Waals surface area contributed by atoms with Crippen molar-refractivity contribution in [2.45, 2.75) is 6.92 Å². The number of furan rings is 1. The van der Waals surface area contributed by atoms with Crippen LogP contribution in [0.25, 0.3) is 33.2 Å². The minimum atomic E-state index is 0.611. The van der Waals surface area contributed by atoms with Crippen molar-refractivity contribution in [1.82, 2.24) is 0 Å². The number of pyridine rings is 1. The fourth-order valence-electron chi connectivity index (χ4n) is 3.11. The van der Waals surface area contributed by atoms with Crippen molar-refractivity contribution >= 4 is 21.9 Å². The number of benzene rings is 2. The summed E-state index contributed by atoms with van der Waals surface area (Å²) in [5.74, 6) is 0. The molecule has 0 unspecified atom stereocenters. The Morgan fingerprint density at radius 1 is 1.04 bits per heavy atom. The van der Waals surface area contributed by atoms with E-state index in [0.29, 0.717) is 5.56 Å². The Labute approximate surface area is 134 Å². The lowest BCUT2D eigenvalue weighted by Gasteiger charge is -2.04. The van der Waals surface area contributed by atoms with E-state index in [-0.39, 0.29) is 0 Å². The summed E-state index contributed by atoms with van der Waals surface area (Å²) < 4.78 is 8.24. The van der Waals surface area contributed by atoms with Gasteiger partial charge in [-0.05, 0) is 36.8 Å². The Kier molecular flexibility index (Phi) is 2.92. The summed E-state index contributed by atoms with van der Waals surface area (Å²) >= 11 is 0. The topological polar surface area (TPSA) is 40.8 Å². The summed E-state index contributed by atoms with van der Waals surface area (Å²) in [7, 11) is 2.03. The van der Waals surface area contributed by atoms with Crippen LogP contribution in [-0.2, 0) is 7.05 Å². The molecular weight excluding hydrogens is 284 g/mol. The molecule has 0 bridgehead atoms. The lowest BCUT2D eigenvalue weighted by Crippen LogP contribution is -2.30. The highest BCUT2D eigenvalue weighted by Crippen LogP contribution is 2.36. The molecule has 0 aliphatic heterocycles. The number of rotatable bonds is 1. The number of hydrogen-bond donors (Lipinski definition) is 0. The third-order valence-electron chi connectivity index (χ3n) is 4.29. The molecule has 2 aromatic carbocycles. The molecule has 0 radical (unpaired) electrons. The molecule has 0 aliphatic rings. The van der Waals surface area contributed by atoms with Crippen molar-refractivity contribution in [3.05, 3.63) is 65.9 Å². The molecule has 0 amide bonds. The van der Waals surface area contributed by atoms with Gasteiger partial charge in [-0.25, -0.2) is 4.57 Å². The minimum absolute atomic E-state index is 0.611. The Hall–Kier alpha value is -3.12. The smallest absolute Gasteiger partial charge is 0.216 e. The summed E-state index contributed by atoms with van der Waals surface area (Å²) in [5.41, 5.74) is 5.61. The Bertz CT molecular complexity index is 1100. The van der Waals surface area contributed by atoms with E-state index in [0.717, 1.165) is 33.2 Å². The summed E-state index contributed by atoms with van der Waals surface area (Å²) in [6, 6.07) is 18.1. The molecule has 0 spiro atoms. The van der Waals surface area contributed by atoms with Crippen molar-refractivity contribution < 1.29 is 8.98 Å². The summed E-state index contributed by atoms with van der Waals surface area (Å²) in [4.78, 5) is 0. The number of aryl methyl sites for hydroxylation is 2. The van der Waals surface area contributed by atoms with Crippen LogP contribution in [0, 0.1) is 18.3 Å². The van der Waals surface area contributed by atoms with E-state index in [9.17, 15) is 0 Å². The van der Waals surface area contributed by atoms with Crippen LogP contribution in [0.1, 0.15) is 11.1 Å². The molecule has 0 atom stereocenters. The van der Waals surface area contributed by atoms with E-state index < -0.39 is 0 Å². The van der Waals surface area contributed by atoms with Crippen LogP contribution >= 0.6 is 0 Å². The van der Waals surface area contributed by atoms with Crippen LogP contribution in [0.3, 0.4) is 0 Å². The first-order valence-electron chi connectivity index (χ1n) is 7.50. The molecule has 110 valence electrons. The van der Waals surface area contributed by atoms with Crippen LogP contribution in [0.2, 0.25) is 0 Å². The van der Waals surface area contributed by atoms with Crippen molar-refractivity contribution in [1.29, 1.82) is 5.26 Å². The van der Waals surface area contributed by atoms with Gasteiger partial charge >= 0.3 is 0 Å². The van der Waals surface area contributed by atoms with Crippen molar-refractivity contribution in [3.8, 4) is 17.3 Å². The monoisotopic (exact) mass is 299 g/mol. The second-order valence-electron chi connectivity index (χ2n) is 5.76. The summed E-state index contributed by atoms with van der Waals surface area (Å²) in [5, 5.41) is 11.2. The second-order valence-corrected chi connectivity index (χ2v) is 5.76. The zero-order chi connectivity index (χ0) is 16.0. The van der Waals surface area contributed by atoms with Gasteiger partial charge in [-0.2, -0.15) is 5.26 Å². The first kappa shape index (κ1) is 13.5. The van der Waals surface area contributed by atoms with Gasteiger partial charge in [0, 0.05) is 22.9 Å². The van der Waals surface area contributed by atoms with Crippen molar-refractivity contribution in [2.75, 3.05) is 0 Å². The van der Waals surface area contributed by atoms with Crippen LogP contribution in [0.4, 0.5) is 0 Å². The normalized spacial score (nSPS) is 11.0. The van der Waals surface area contributed by atoms with Gasteiger partial charge in [0.25, 0.3) is 0 Å². The molecule has 0 fully saturated rings. The Morgan fingerprint density at radius 3 is 2.65 bits per heavy atom. The lowest BCUT2D eigenvalue weighted by molar-refractivity contribution is -0.660. The number of fused-ring (bicyclic) bond motifs is 3. The van der Waals surface area contributed by atoms with Crippen molar-refractivity contribution in [2.24, 2.45) is 7.05 Å². The molecule has 2 aromatic heterocycles. The quantitative estimate of drug-likeness (QED) is 0.493. The first-order valence-corrected chi connectivity index (χ1v) is 7.50. The predicted molar refractivity (Wildman–Crippen MR) is 89.8 cm³/mol. The van der Waals surface area contributed by atoms with Gasteiger partial charge in [0.05, 0.1) is 17.2 Å². The zero-order valence-corrected chi connectivity index (χ0v) is 13.0. The Balaban J connectivity index is 2.14. The summed E-state index contributed by atoms with van der Waals surface area (Å²) in [6.07, 6.45) is 2.03. The van der Waals surface area contributed by atoms with Gasteiger partial charge in [0.1, 0.15) is 18.2 Å². The highest BCUT2D eigenvalue weighted by molar-refractivity contribution is 6.09. The third kappa shape index (κ3) is 2.00. The average Bonchev–Trinajstić information content (AvgIpc) is 2.93. The SMILES string of the molecule is Cc1ccc2c(oc3cc(C#N)ccc32)c1-c1cccc[n+]1C. The average molecular weight is 299 g/mol. The molecule has 0 saturated heterocycles. The van der Waals surface area contributed by atoms with Gasteiger partial charge in [-0.15, -0.1) is 0 Å². The molecule has 2 heterocycles. The molecule has 3 heteroatoms. The predicted octanol–water partition coefficient (Wildman–Crippen LogP) is 4.26. The van der Waals surface area contributed by atoms with Gasteiger partial charge in [-0.1, -0.05) is 12.1 Å². The van der Waals surface area contributed by atoms with Crippen molar-refractivity contribution in [3.63, 3.8) is 0 Å². The number of aromatic nitrogens is 1. The summed E-state index contributed by atoms with van der Waals surface area (Å²) in [6.45, 7) is 2.09. The number of nitriles is 1. The van der Waals surface area contributed by atoms with E-state index >= 15 is 0 Å². The van der Waals surface area contributed by atoms with E-state index in [1.807, 2.05) is 37.5 Å². The largest absolute Gasteiger partial charge is 0.455 e. The molecule has 4 aromatic rings. The van der Waals surface area contributed by atoms with E-state index in [4.69, 9.17) is 9.68 Å². The van der Waals surface area contributed by atoms with Crippen LogP contribution < -0.4 is 4.57 Å². The molecule has 0 saturated carbocycles. The maximum Gasteiger partial charge on any atom is 0.216 e. The maximum absolute atomic E-state index is 9.09. The fourth-order valence-corrected chi connectivity index (χ4v) is 3.11. The fraction of sp³-hybridized carbons (Fsp3) is 0.100. The van der Waals surface area contributed by atoms with Gasteiger partial charge in [0.15, 0.2) is 6.20 Å². The van der Waals surface area contributed by atoms with Gasteiger partial charge < -0.3 is 4.42 Å². The lowest BCUT2D eigenvalue weighted by atomic mass is 10.0. The first-order chi connectivity index (χ1) is 11.2. The van der Waals surface area contributed by atoms with Gasteiger partial charge in [-0.3, -0.25) is 0 Å². The van der Waals surface area contributed by atoms with Gasteiger partial charge in [0.2, 0.25) is 5.69 Å².